The van der Waals surface area contributed by atoms with Crippen LogP contribution < -0.4 is 4.74 Å². The second kappa shape index (κ2) is 7.24. The molecule has 0 aliphatic rings. The third-order valence-corrected chi connectivity index (χ3v) is 4.05. The van der Waals surface area contributed by atoms with Gasteiger partial charge in [0.2, 0.25) is 0 Å². The number of aryl methyl sites for hydroxylation is 1. The van der Waals surface area contributed by atoms with E-state index in [1.54, 1.807) is 0 Å². The first-order valence-electron chi connectivity index (χ1n) is 7.55. The Morgan fingerprint density at radius 3 is 2.19 bits per heavy atom. The van der Waals surface area contributed by atoms with Crippen molar-refractivity contribution in [3.63, 3.8) is 0 Å². The lowest BCUT2D eigenvalue weighted by molar-refractivity contribution is 0.0676. The fourth-order valence-corrected chi connectivity index (χ4v) is 2.60. The van der Waals surface area contributed by atoms with Gasteiger partial charge in [0.15, 0.2) is 6.29 Å². The summed E-state index contributed by atoms with van der Waals surface area (Å²) in [5, 5.41) is 48.4. The van der Waals surface area contributed by atoms with Crippen molar-refractivity contribution < 1.29 is 44.7 Å². The van der Waals surface area contributed by atoms with Crippen LogP contribution in [0, 0.1) is 13.8 Å². The van der Waals surface area contributed by atoms with E-state index >= 15 is 0 Å². The van der Waals surface area contributed by atoms with E-state index in [4.69, 9.17) is 4.74 Å². The summed E-state index contributed by atoms with van der Waals surface area (Å²) in [4.78, 5) is 34.2. The van der Waals surface area contributed by atoms with E-state index in [2.05, 4.69) is 0 Å². The maximum atomic E-state index is 11.5. The molecular formula is C18H16O9. The van der Waals surface area contributed by atoms with Gasteiger partial charge >= 0.3 is 11.9 Å². The van der Waals surface area contributed by atoms with E-state index in [1.165, 1.54) is 13.8 Å². The molecule has 0 unspecified atom stereocenters. The van der Waals surface area contributed by atoms with Crippen LogP contribution in [-0.2, 0) is 6.61 Å². The number of rotatable bonds is 6. The van der Waals surface area contributed by atoms with Crippen LogP contribution in [0.25, 0.3) is 0 Å². The van der Waals surface area contributed by atoms with Gasteiger partial charge < -0.3 is 30.3 Å². The Hall–Kier alpha value is -3.75. The molecule has 0 bridgehead atoms. The van der Waals surface area contributed by atoms with Crippen LogP contribution in [0.2, 0.25) is 0 Å². The number of hydrogen-bond acceptors (Lipinski definition) is 7. The van der Waals surface area contributed by atoms with E-state index < -0.39 is 52.7 Å². The summed E-state index contributed by atoms with van der Waals surface area (Å²) in [5.74, 6) is -4.84. The van der Waals surface area contributed by atoms with Crippen LogP contribution in [-0.4, -0.2) is 43.8 Å². The molecule has 142 valence electrons. The number of carboxylic acids is 2. The Bertz CT molecular complexity index is 960. The molecule has 5 N–H and O–H groups in total. The monoisotopic (exact) mass is 376 g/mol. The molecule has 27 heavy (non-hydrogen) atoms. The molecule has 0 fully saturated rings. The molecule has 0 aliphatic heterocycles. The minimum atomic E-state index is -1.46. The number of carbonyl (C=O) groups is 3. The summed E-state index contributed by atoms with van der Waals surface area (Å²) in [6, 6.07) is 2.01. The maximum absolute atomic E-state index is 11.5. The van der Waals surface area contributed by atoms with Gasteiger partial charge in [-0.25, -0.2) is 9.59 Å². The van der Waals surface area contributed by atoms with Gasteiger partial charge in [-0.2, -0.15) is 0 Å². The Labute approximate surface area is 152 Å². The van der Waals surface area contributed by atoms with Crippen LogP contribution in [0.3, 0.4) is 0 Å². The second-order valence-corrected chi connectivity index (χ2v) is 5.74. The number of aldehydes is 1. The molecule has 2 aromatic carbocycles. The SMILES string of the molecule is Cc1cc(O)c(C=O)c(OCc2c(C(=O)O)cc(O)c(C)c2O)c1C(=O)O. The normalized spacial score (nSPS) is 10.4. The minimum absolute atomic E-state index is 0.000224. The second-order valence-electron chi connectivity index (χ2n) is 5.74. The van der Waals surface area contributed by atoms with Crippen LogP contribution in [0.5, 0.6) is 23.0 Å². The Morgan fingerprint density at radius 1 is 1.04 bits per heavy atom. The van der Waals surface area contributed by atoms with Crippen molar-refractivity contribution in [2.75, 3.05) is 0 Å². The summed E-state index contributed by atoms with van der Waals surface area (Å²) in [6.07, 6.45) is 0.205. The number of benzene rings is 2. The van der Waals surface area contributed by atoms with Crippen LogP contribution in [0.15, 0.2) is 12.1 Å². The first-order valence-corrected chi connectivity index (χ1v) is 7.55. The lowest BCUT2D eigenvalue weighted by Gasteiger charge is -2.17. The van der Waals surface area contributed by atoms with Gasteiger partial charge in [0.25, 0.3) is 0 Å². The van der Waals surface area contributed by atoms with Gasteiger partial charge in [-0.3, -0.25) is 4.79 Å². The smallest absolute Gasteiger partial charge is 0.339 e. The van der Waals surface area contributed by atoms with E-state index in [9.17, 15) is 39.9 Å². The van der Waals surface area contributed by atoms with Crippen LogP contribution in [0.1, 0.15) is 47.8 Å². The highest BCUT2D eigenvalue weighted by atomic mass is 16.5. The number of phenolic OH excluding ortho intramolecular Hbond substituents is 3. The summed E-state index contributed by atoms with van der Waals surface area (Å²) in [6.45, 7) is 2.10. The van der Waals surface area contributed by atoms with E-state index in [-0.39, 0.29) is 28.5 Å². The largest absolute Gasteiger partial charge is 0.508 e. The summed E-state index contributed by atoms with van der Waals surface area (Å²) >= 11 is 0. The highest BCUT2D eigenvalue weighted by Crippen LogP contribution is 2.37. The zero-order valence-corrected chi connectivity index (χ0v) is 14.3. The summed E-state index contributed by atoms with van der Waals surface area (Å²) < 4.78 is 5.36. The van der Waals surface area contributed by atoms with Crippen LogP contribution >= 0.6 is 0 Å². The highest BCUT2D eigenvalue weighted by Gasteiger charge is 2.25. The number of phenols is 3. The Kier molecular flexibility index (Phi) is 5.25. The average molecular weight is 376 g/mol. The zero-order chi connectivity index (χ0) is 20.5. The topological polar surface area (TPSA) is 162 Å². The van der Waals surface area contributed by atoms with E-state index in [0.717, 1.165) is 12.1 Å². The van der Waals surface area contributed by atoms with Crippen molar-refractivity contribution in [2.45, 2.75) is 20.5 Å². The molecule has 0 spiro atoms. The van der Waals surface area contributed by atoms with Gasteiger partial charge in [0.1, 0.15) is 35.2 Å². The number of aromatic carboxylic acids is 2. The molecule has 0 aromatic heterocycles. The van der Waals surface area contributed by atoms with E-state index in [0.29, 0.717) is 0 Å². The van der Waals surface area contributed by atoms with Crippen LogP contribution in [0.4, 0.5) is 0 Å². The van der Waals surface area contributed by atoms with E-state index in [1.807, 2.05) is 0 Å². The zero-order valence-electron chi connectivity index (χ0n) is 14.3. The molecule has 9 nitrogen and oxygen atoms in total. The van der Waals surface area contributed by atoms with Crippen molar-refractivity contribution in [1.82, 2.24) is 0 Å². The van der Waals surface area contributed by atoms with Crippen molar-refractivity contribution in [1.29, 1.82) is 0 Å². The van der Waals surface area contributed by atoms with Gasteiger partial charge in [-0.15, -0.1) is 0 Å². The first kappa shape index (κ1) is 19.6. The molecule has 0 heterocycles. The first-order chi connectivity index (χ1) is 12.6. The molecule has 0 atom stereocenters. The molecular weight excluding hydrogens is 360 g/mol. The molecule has 9 heteroatoms. The molecule has 0 radical (unpaired) electrons. The number of hydrogen-bond donors (Lipinski definition) is 5. The molecule has 2 rings (SSSR count). The van der Waals surface area contributed by atoms with Crippen molar-refractivity contribution in [2.24, 2.45) is 0 Å². The third-order valence-electron chi connectivity index (χ3n) is 4.05. The number of ether oxygens (including phenoxy) is 1. The quantitative estimate of drug-likeness (QED) is 0.476. The fourth-order valence-electron chi connectivity index (χ4n) is 2.60. The molecule has 0 amide bonds. The summed E-state index contributed by atoms with van der Waals surface area (Å²) in [7, 11) is 0. The Balaban J connectivity index is 2.61. The third kappa shape index (κ3) is 3.47. The fraction of sp³-hybridized carbons (Fsp3) is 0.167. The van der Waals surface area contributed by atoms with Gasteiger partial charge in [-0.05, 0) is 31.5 Å². The van der Waals surface area contributed by atoms with Crippen molar-refractivity contribution in [3.8, 4) is 23.0 Å². The minimum Gasteiger partial charge on any atom is -0.508 e. The Morgan fingerprint density at radius 2 is 1.67 bits per heavy atom. The number of aromatic hydroxyl groups is 3. The maximum Gasteiger partial charge on any atom is 0.339 e. The number of carboxylic acid groups (broad SMARTS) is 2. The molecule has 0 aliphatic carbocycles. The average Bonchev–Trinajstić information content (AvgIpc) is 2.57. The number of carbonyl (C=O) groups excluding carboxylic acids is 1. The predicted octanol–water partition coefficient (Wildman–Crippen LogP) is 2.21. The predicted molar refractivity (Wildman–Crippen MR) is 91.0 cm³/mol. The van der Waals surface area contributed by atoms with Gasteiger partial charge in [-0.1, -0.05) is 0 Å². The lowest BCUT2D eigenvalue weighted by atomic mass is 10.0. The van der Waals surface area contributed by atoms with Gasteiger partial charge in [0, 0.05) is 11.1 Å². The van der Waals surface area contributed by atoms with Crippen molar-refractivity contribution >= 4 is 18.2 Å². The molecule has 0 saturated carbocycles. The van der Waals surface area contributed by atoms with Gasteiger partial charge in [0.05, 0.1) is 11.1 Å². The van der Waals surface area contributed by atoms with Crippen molar-refractivity contribution in [3.05, 3.63) is 45.5 Å². The highest BCUT2D eigenvalue weighted by molar-refractivity contribution is 5.98. The lowest BCUT2D eigenvalue weighted by Crippen LogP contribution is -2.11. The molecule has 0 saturated heterocycles. The summed E-state index contributed by atoms with van der Waals surface area (Å²) in [5.41, 5.74) is -1.39. The molecule has 2 aromatic rings. The standard InChI is InChI=1S/C18H16O9/c1-7-3-13(21)10(5-19)16(14(7)18(25)26)27-6-11-9(17(23)24)4-12(20)8(2)15(11)22/h3-5,20-22H,6H2,1-2H3,(H,23,24)(H,25,26).